The van der Waals surface area contributed by atoms with Crippen molar-refractivity contribution in [3.05, 3.63) is 40.4 Å². The third-order valence-corrected chi connectivity index (χ3v) is 7.20. The van der Waals surface area contributed by atoms with Gasteiger partial charge in [0, 0.05) is 38.2 Å². The molecule has 188 valence electrons. The average Bonchev–Trinajstić information content (AvgIpc) is 3.40. The van der Waals surface area contributed by atoms with Gasteiger partial charge in [0.2, 0.25) is 5.90 Å². The van der Waals surface area contributed by atoms with Crippen LogP contribution in [0.25, 0.3) is 11.3 Å². The number of likely N-dealkylation sites (tertiary alicyclic amines) is 1. The summed E-state index contributed by atoms with van der Waals surface area (Å²) >= 11 is 7.91. The van der Waals surface area contributed by atoms with Gasteiger partial charge in [0.1, 0.15) is 28.4 Å². The van der Waals surface area contributed by atoms with Gasteiger partial charge in [-0.15, -0.1) is 0 Å². The molecule has 0 atom stereocenters. The van der Waals surface area contributed by atoms with E-state index in [1.165, 1.54) is 18.2 Å². The van der Waals surface area contributed by atoms with Gasteiger partial charge in [-0.2, -0.15) is 11.8 Å². The van der Waals surface area contributed by atoms with Gasteiger partial charge in [-0.3, -0.25) is 4.79 Å². The smallest absolute Gasteiger partial charge is 0.392 e. The van der Waals surface area contributed by atoms with Gasteiger partial charge in [-0.05, 0) is 24.8 Å². The Morgan fingerprint density at radius 1 is 1.34 bits per heavy atom. The number of rotatable bonds is 6. The van der Waals surface area contributed by atoms with E-state index in [9.17, 15) is 14.0 Å². The van der Waals surface area contributed by atoms with Gasteiger partial charge in [-0.25, -0.2) is 9.18 Å². The van der Waals surface area contributed by atoms with Crippen molar-refractivity contribution in [1.82, 2.24) is 15.4 Å². The zero-order valence-electron chi connectivity index (χ0n) is 19.4. The van der Waals surface area contributed by atoms with E-state index in [4.69, 9.17) is 25.7 Å². The fourth-order valence-electron chi connectivity index (χ4n) is 4.12. The number of hydrogen-bond donors (Lipinski definition) is 1. The number of carbonyl (C=O) groups excluding carboxylic acids is 2. The largest absolute Gasteiger partial charge is 0.413 e. The highest BCUT2D eigenvalue weighted by Gasteiger charge is 2.45. The molecule has 2 aromatic rings. The standard InChI is InChI=1S/C23H26ClFN4O5S/c1-3-35-12-9-26-22(31)32-17-13-23(34-27-17)7-10-29(11-8-23)21(30)18-14(2)33-28-20(18)19-15(24)5-4-6-16(19)25/h4-6H,3,7-13H2,1-2H3,(H,26,31). The number of piperidine rings is 1. The van der Waals surface area contributed by atoms with Gasteiger partial charge < -0.3 is 24.3 Å². The van der Waals surface area contributed by atoms with Crippen molar-refractivity contribution in [2.75, 3.05) is 31.1 Å². The van der Waals surface area contributed by atoms with Crippen molar-refractivity contribution in [2.24, 2.45) is 5.16 Å². The van der Waals surface area contributed by atoms with E-state index >= 15 is 0 Å². The molecule has 0 bridgehead atoms. The molecule has 12 heteroatoms. The summed E-state index contributed by atoms with van der Waals surface area (Å²) in [6.07, 6.45) is 0.763. The Kier molecular flexibility index (Phi) is 7.85. The van der Waals surface area contributed by atoms with E-state index in [0.717, 1.165) is 11.5 Å². The third kappa shape index (κ3) is 5.56. The molecule has 2 amide bonds. The molecule has 2 aliphatic rings. The molecule has 0 radical (unpaired) electrons. The lowest BCUT2D eigenvalue weighted by atomic mass is 9.88. The number of thioether (sulfide) groups is 1. The first kappa shape index (κ1) is 25.3. The van der Waals surface area contributed by atoms with Crippen LogP contribution in [-0.2, 0) is 9.57 Å². The average molecular weight is 525 g/mol. The van der Waals surface area contributed by atoms with Gasteiger partial charge in [0.05, 0.1) is 17.0 Å². The number of amides is 2. The summed E-state index contributed by atoms with van der Waals surface area (Å²) in [6.45, 7) is 4.91. The summed E-state index contributed by atoms with van der Waals surface area (Å²) < 4.78 is 25.0. The molecule has 35 heavy (non-hydrogen) atoms. The van der Waals surface area contributed by atoms with E-state index in [2.05, 4.69) is 22.6 Å². The topological polar surface area (TPSA) is 106 Å². The van der Waals surface area contributed by atoms with Crippen LogP contribution < -0.4 is 5.32 Å². The first-order chi connectivity index (χ1) is 16.8. The van der Waals surface area contributed by atoms with Crippen LogP contribution in [-0.4, -0.2) is 64.7 Å². The van der Waals surface area contributed by atoms with Crippen molar-refractivity contribution >= 4 is 41.3 Å². The van der Waals surface area contributed by atoms with Gasteiger partial charge in [0.15, 0.2) is 0 Å². The number of carbonyl (C=O) groups is 2. The summed E-state index contributed by atoms with van der Waals surface area (Å²) in [5, 5.41) is 10.7. The van der Waals surface area contributed by atoms with Crippen molar-refractivity contribution in [3.63, 3.8) is 0 Å². The molecule has 9 nitrogen and oxygen atoms in total. The molecule has 4 rings (SSSR count). The molecule has 1 spiro atoms. The number of ether oxygens (including phenoxy) is 1. The van der Waals surface area contributed by atoms with Crippen LogP contribution in [0, 0.1) is 12.7 Å². The van der Waals surface area contributed by atoms with Crippen LogP contribution in [0.4, 0.5) is 9.18 Å². The number of halogens is 2. The first-order valence-electron chi connectivity index (χ1n) is 11.3. The quantitative estimate of drug-likeness (QED) is 0.549. The minimum absolute atomic E-state index is 0.0312. The molecule has 1 aromatic heterocycles. The molecule has 0 saturated carbocycles. The van der Waals surface area contributed by atoms with E-state index in [1.54, 1.807) is 23.6 Å². The monoisotopic (exact) mass is 524 g/mol. The van der Waals surface area contributed by atoms with Crippen LogP contribution in [0.3, 0.4) is 0 Å². The maximum absolute atomic E-state index is 14.5. The molecule has 1 saturated heterocycles. The number of nitrogens with one attached hydrogen (secondary N) is 1. The van der Waals surface area contributed by atoms with Gasteiger partial charge >= 0.3 is 6.09 Å². The maximum atomic E-state index is 14.5. The van der Waals surface area contributed by atoms with Gasteiger partial charge in [0.25, 0.3) is 5.91 Å². The molecule has 0 unspecified atom stereocenters. The van der Waals surface area contributed by atoms with E-state index in [0.29, 0.717) is 38.9 Å². The highest BCUT2D eigenvalue weighted by atomic mass is 35.5. The SMILES string of the molecule is CCSCCNC(=O)OC1=NOC2(CCN(C(=O)c3c(-c4c(F)cccc4Cl)noc3C)CC2)C1. The number of nitrogens with zero attached hydrogens (tertiary/aromatic N) is 3. The number of aromatic nitrogens is 1. The Balaban J connectivity index is 1.36. The summed E-state index contributed by atoms with van der Waals surface area (Å²) in [5.41, 5.74) is -0.344. The predicted molar refractivity (Wildman–Crippen MR) is 130 cm³/mol. The van der Waals surface area contributed by atoms with E-state index in [-0.39, 0.29) is 39.4 Å². The highest BCUT2D eigenvalue weighted by molar-refractivity contribution is 7.99. The normalized spacial score (nSPS) is 16.7. The Labute approximate surface area is 211 Å². The Morgan fingerprint density at radius 2 is 2.11 bits per heavy atom. The molecular formula is C23H26ClFN4O5S. The summed E-state index contributed by atoms with van der Waals surface area (Å²) in [7, 11) is 0. The molecular weight excluding hydrogens is 499 g/mol. The molecule has 2 aliphatic heterocycles. The minimum Gasteiger partial charge on any atom is -0.392 e. The highest BCUT2D eigenvalue weighted by Crippen LogP contribution is 2.37. The second-order valence-electron chi connectivity index (χ2n) is 8.30. The second-order valence-corrected chi connectivity index (χ2v) is 10.1. The number of benzene rings is 1. The zero-order valence-corrected chi connectivity index (χ0v) is 21.0. The molecule has 1 fully saturated rings. The second kappa shape index (κ2) is 10.9. The molecule has 1 aromatic carbocycles. The van der Waals surface area contributed by atoms with Crippen LogP contribution >= 0.6 is 23.4 Å². The lowest BCUT2D eigenvalue weighted by Crippen LogP contribution is -2.47. The summed E-state index contributed by atoms with van der Waals surface area (Å²) in [4.78, 5) is 32.6. The minimum atomic E-state index is -0.633. The number of hydrogen-bond acceptors (Lipinski definition) is 8. The van der Waals surface area contributed by atoms with Gasteiger partial charge in [-0.1, -0.05) is 34.9 Å². The zero-order chi connectivity index (χ0) is 25.0. The van der Waals surface area contributed by atoms with Crippen LogP contribution in [0.1, 0.15) is 42.3 Å². The van der Waals surface area contributed by atoms with Crippen LogP contribution in [0.2, 0.25) is 5.02 Å². The first-order valence-corrected chi connectivity index (χ1v) is 12.9. The van der Waals surface area contributed by atoms with Crippen molar-refractivity contribution in [1.29, 1.82) is 0 Å². The fourth-order valence-corrected chi connectivity index (χ4v) is 4.91. The molecule has 3 heterocycles. The summed E-state index contributed by atoms with van der Waals surface area (Å²) in [5.74, 6) is 1.37. The third-order valence-electron chi connectivity index (χ3n) is 5.98. The lowest BCUT2D eigenvalue weighted by Gasteiger charge is -2.36. The van der Waals surface area contributed by atoms with E-state index in [1.807, 2.05) is 0 Å². The molecule has 0 aliphatic carbocycles. The summed E-state index contributed by atoms with van der Waals surface area (Å²) in [6, 6.07) is 4.27. The molecule has 1 N–H and O–H groups in total. The lowest BCUT2D eigenvalue weighted by molar-refractivity contribution is -0.0568. The van der Waals surface area contributed by atoms with Crippen molar-refractivity contribution in [2.45, 2.75) is 38.7 Å². The Hall–Kier alpha value is -2.79. The van der Waals surface area contributed by atoms with Crippen LogP contribution in [0.5, 0.6) is 0 Å². The van der Waals surface area contributed by atoms with Crippen LogP contribution in [0.15, 0.2) is 27.9 Å². The predicted octanol–water partition coefficient (Wildman–Crippen LogP) is 4.63. The Morgan fingerprint density at radius 3 is 2.83 bits per heavy atom. The Bertz CT molecular complexity index is 1110. The van der Waals surface area contributed by atoms with Crippen molar-refractivity contribution < 1.29 is 28.1 Å². The van der Waals surface area contributed by atoms with E-state index < -0.39 is 17.5 Å². The number of alkyl carbamates (subject to hydrolysis) is 1. The van der Waals surface area contributed by atoms with Crippen molar-refractivity contribution in [3.8, 4) is 11.3 Å². The number of aryl methyl sites for hydroxylation is 1. The maximum Gasteiger partial charge on any atom is 0.413 e. The fraction of sp³-hybridized carbons (Fsp3) is 0.478. The number of oxime groups is 1.